The van der Waals surface area contributed by atoms with Gasteiger partial charge in [-0.2, -0.15) is 0 Å². The molecule has 12 atom stereocenters. The first-order chi connectivity index (χ1) is 59.6. The minimum absolute atomic E-state index is 0.690. The van der Waals surface area contributed by atoms with E-state index >= 15 is 0 Å². The van der Waals surface area contributed by atoms with Crippen LogP contribution in [-0.2, 0) is 65.8 Å². The maximum absolute atomic E-state index is 8.66. The molecule has 16 nitrogen and oxygen atoms in total. The maximum atomic E-state index is 8.66. The lowest BCUT2D eigenvalue weighted by molar-refractivity contribution is 0.145. The highest BCUT2D eigenvalue weighted by atomic mass is 79.9. The van der Waals surface area contributed by atoms with Crippen LogP contribution in [0.4, 0.5) is 0 Å². The van der Waals surface area contributed by atoms with E-state index in [0.29, 0.717) is 24.2 Å². The van der Waals surface area contributed by atoms with Crippen LogP contribution in [0.25, 0.3) is 0 Å². The number of rotatable bonds is 84. The molecule has 0 saturated carbocycles. The fraction of sp³-hybridized carbons (Fsp3) is 1.00. The van der Waals surface area contributed by atoms with Crippen molar-refractivity contribution in [2.24, 2.45) is 0 Å². The van der Waals surface area contributed by atoms with Crippen LogP contribution in [0.2, 0.25) is 252 Å². The Balaban J connectivity index is 10.6. The van der Waals surface area contributed by atoms with Crippen LogP contribution in [0.15, 0.2) is 0 Å². The lowest BCUT2D eigenvalue weighted by Crippen LogP contribution is -2.67. The fourth-order valence-electron chi connectivity index (χ4n) is 18.1. The van der Waals surface area contributed by atoms with Crippen molar-refractivity contribution in [2.45, 2.75) is 438 Å². The standard InChI is InChI=1S/C80H192Br12O16Si21/c1-33-49-113(21,69-81)97-125(98-114(22,70-82)50-34-2,99-115(23,71-83)51-35-3)65-45-61-109(13,14)93-129(94-110(15,16)62-46-66-126(100-116(24,72-84)52-36-4,101-117(25,73-85)53-37-5)102-118(26,74-86)54-38-6,95-111(17,18)63-47-67-127(103-119(27,75-87)55-39-7,104-120(28,76-88)56-40-8)105-121(29,77-89)57-41-9)96-112(19,20)64-48-68-128(106-122(30,78-90)58-42-10,107-123(31,79-91)59-43-11)108-124(32,80-92)60-44-12/h33-80H2,1-32H3. The Bertz CT molecular complexity index is 2450. The molecule has 0 aliphatic carbocycles. The van der Waals surface area contributed by atoms with Gasteiger partial charge in [-0.15, -0.1) is 0 Å². The van der Waals surface area contributed by atoms with Gasteiger partial charge < -0.3 is 65.8 Å². The van der Waals surface area contributed by atoms with Crippen molar-refractivity contribution in [3.8, 4) is 0 Å². The summed E-state index contributed by atoms with van der Waals surface area (Å²) in [7, 11) is -60.3. The third-order valence-electron chi connectivity index (χ3n) is 24.2. The van der Waals surface area contributed by atoms with Crippen molar-refractivity contribution in [3.05, 3.63) is 0 Å². The molecule has 0 bridgehead atoms. The highest BCUT2D eigenvalue weighted by Crippen LogP contribution is 2.46. The second-order valence-electron chi connectivity index (χ2n) is 43.3. The molecule has 0 radical (unpaired) electrons. The lowest BCUT2D eigenvalue weighted by Gasteiger charge is -2.48. The Kier molecular flexibility index (Phi) is 69.3. The number of hydrogen-bond donors (Lipinski definition) is 0. The van der Waals surface area contributed by atoms with Gasteiger partial charge in [-0.25, -0.2) is 0 Å². The van der Waals surface area contributed by atoms with E-state index in [1.165, 1.54) is 0 Å². The van der Waals surface area contributed by atoms with Gasteiger partial charge in [-0.1, -0.05) is 351 Å². The molecule has 12 unspecified atom stereocenters. The molecule has 0 fully saturated rings. The summed E-state index contributed by atoms with van der Waals surface area (Å²) in [5.41, 5.74) is 0. The Morgan fingerprint density at radius 3 is 0.302 bits per heavy atom. The van der Waals surface area contributed by atoms with Gasteiger partial charge in [0.15, 0.2) is 133 Å². The van der Waals surface area contributed by atoms with Crippen LogP contribution < -0.4 is 0 Å². The van der Waals surface area contributed by atoms with E-state index < -0.39 is 177 Å². The molecule has 0 aromatic rings. The first-order valence-electron chi connectivity index (χ1n) is 49.5. The molecule has 0 aromatic heterocycles. The average Bonchev–Trinajstić information content (AvgIpc) is 0.776. The van der Waals surface area contributed by atoms with Crippen molar-refractivity contribution in [2.75, 3.05) is 59.4 Å². The molecular weight excluding hydrogens is 2770 g/mol. The Morgan fingerprint density at radius 1 is 0.132 bits per heavy atom. The first kappa shape index (κ1) is 139. The van der Waals surface area contributed by atoms with Crippen LogP contribution in [0, 0.1) is 0 Å². The third-order valence-corrected chi connectivity index (χ3v) is 154. The Labute approximate surface area is 919 Å². The summed E-state index contributed by atoms with van der Waals surface area (Å²) in [5, 5.41) is 0. The molecule has 0 aromatic carbocycles. The Morgan fingerprint density at radius 2 is 0.225 bits per heavy atom. The quantitative estimate of drug-likeness (QED) is 0.0420. The zero-order valence-corrected chi connectivity index (χ0v) is 128. The van der Waals surface area contributed by atoms with Gasteiger partial charge in [0.2, 0.25) is 0 Å². The van der Waals surface area contributed by atoms with E-state index in [1.54, 1.807) is 0 Å². The minimum atomic E-state index is -4.45. The second-order valence-corrected chi connectivity index (χ2v) is 145. The van der Waals surface area contributed by atoms with Crippen LogP contribution >= 0.6 is 191 Å². The molecule has 0 aliphatic heterocycles. The summed E-state index contributed by atoms with van der Waals surface area (Å²) in [5.74, 6) is 0. The normalized spacial score (nSPS) is 21.1. The van der Waals surface area contributed by atoms with E-state index in [0.717, 1.165) is 259 Å². The van der Waals surface area contributed by atoms with E-state index in [2.05, 4.69) is 405 Å². The van der Waals surface area contributed by atoms with Gasteiger partial charge in [0.1, 0.15) is 0 Å². The van der Waals surface area contributed by atoms with Crippen LogP contribution in [0.3, 0.4) is 0 Å². The zero-order chi connectivity index (χ0) is 99.8. The summed E-state index contributed by atoms with van der Waals surface area (Å²) in [6.07, 6.45) is 15.5. The third kappa shape index (κ3) is 51.6. The maximum Gasteiger partial charge on any atom is 0.636 e. The number of alkyl halides is 12. The van der Waals surface area contributed by atoms with Gasteiger partial charge in [0.25, 0.3) is 0 Å². The van der Waals surface area contributed by atoms with E-state index in [-0.39, 0.29) is 0 Å². The Hall–Kier alpha value is 9.67. The molecular formula is C80H192Br12O16Si21. The molecule has 776 valence electrons. The lowest BCUT2D eigenvalue weighted by atomic mass is 10.6. The molecule has 49 heteroatoms. The van der Waals surface area contributed by atoms with Crippen molar-refractivity contribution < 1.29 is 65.8 Å². The second kappa shape index (κ2) is 64.5. The van der Waals surface area contributed by atoms with Crippen molar-refractivity contribution in [3.63, 3.8) is 0 Å². The van der Waals surface area contributed by atoms with Crippen LogP contribution in [0.1, 0.15) is 186 Å². The van der Waals surface area contributed by atoms with E-state index in [1.807, 2.05) is 0 Å². The van der Waals surface area contributed by atoms with E-state index in [4.69, 9.17) is 65.8 Å². The van der Waals surface area contributed by atoms with Gasteiger partial charge in [0, 0.05) is 83.6 Å². The monoisotopic (exact) mass is 2940 g/mol. The van der Waals surface area contributed by atoms with Crippen molar-refractivity contribution in [1.82, 2.24) is 0 Å². The number of halogens is 12. The summed E-state index contributed by atoms with van der Waals surface area (Å²) in [6.45, 7) is 76.1. The van der Waals surface area contributed by atoms with Crippen LogP contribution in [0.5, 0.6) is 0 Å². The highest BCUT2D eigenvalue weighted by Gasteiger charge is 2.64. The molecule has 0 saturated heterocycles. The summed E-state index contributed by atoms with van der Waals surface area (Å²) in [4.78, 5) is 9.67. The topological polar surface area (TPSA) is 148 Å². The average molecular weight is 2960 g/mol. The molecule has 0 amide bonds. The minimum Gasteiger partial charge on any atom is -0.415 e. The first-order valence-corrected chi connectivity index (χ1v) is 119. The molecule has 0 spiro atoms. The summed E-state index contributed by atoms with van der Waals surface area (Å²) in [6, 6.07) is 17.9. The largest absolute Gasteiger partial charge is 0.636 e. The molecule has 0 rings (SSSR count). The molecule has 0 aliphatic rings. The van der Waals surface area contributed by atoms with Crippen molar-refractivity contribution >= 4 is 369 Å². The summed E-state index contributed by atoms with van der Waals surface area (Å²) < 4.78 is 131. The zero-order valence-electron chi connectivity index (χ0n) is 87.5. The van der Waals surface area contributed by atoms with Gasteiger partial charge >= 0.3 is 44.3 Å². The summed E-state index contributed by atoms with van der Waals surface area (Å²) >= 11 is 49.2. The molecule has 0 N–H and O–H groups in total. The predicted octanol–water partition coefficient (Wildman–Crippen LogP) is 34.9. The van der Waals surface area contributed by atoms with Gasteiger partial charge in [-0.3, -0.25) is 0 Å². The smallest absolute Gasteiger partial charge is 0.415 e. The predicted molar refractivity (Wildman–Crippen MR) is 659 cm³/mol. The van der Waals surface area contributed by atoms with Gasteiger partial charge in [0.05, 0.1) is 0 Å². The van der Waals surface area contributed by atoms with Gasteiger partial charge in [-0.05, 0) is 253 Å². The highest BCUT2D eigenvalue weighted by molar-refractivity contribution is 9.11. The van der Waals surface area contributed by atoms with Crippen molar-refractivity contribution in [1.29, 1.82) is 0 Å². The number of hydrogen-bond acceptors (Lipinski definition) is 16. The van der Waals surface area contributed by atoms with E-state index in [9.17, 15) is 0 Å². The fourth-order valence-corrected chi connectivity index (χ4v) is 133. The molecule has 129 heavy (non-hydrogen) atoms. The SMILES string of the molecule is CCC[Si](C)(CBr)O[Si](CCC[Si](C)(C)O[Si](O[Si](C)(C)CCC[Si](O[Si](C)(CBr)CCC)(O[Si](C)(CBr)CCC)O[Si](C)(CBr)CCC)(O[Si](C)(C)CCC[Si](O[Si](C)(CBr)CCC)(O[Si](C)(CBr)CCC)O[Si](C)(CBr)CCC)O[Si](C)(C)CCC[Si](O[Si](C)(CBr)CCC)(O[Si](C)(CBr)CCC)O[Si](C)(CBr)CCC)(O[Si](C)(CBr)CCC)O[Si](C)(CBr)CCC. The van der Waals surface area contributed by atoms with Crippen LogP contribution in [-0.4, -0.2) is 237 Å². The molecule has 0 heterocycles.